The summed E-state index contributed by atoms with van der Waals surface area (Å²) in [5.41, 5.74) is 2.78. The summed E-state index contributed by atoms with van der Waals surface area (Å²) >= 11 is 0. The van der Waals surface area contributed by atoms with Gasteiger partial charge < -0.3 is 5.32 Å². The van der Waals surface area contributed by atoms with E-state index in [0.717, 1.165) is 13.0 Å². The third-order valence-electron chi connectivity index (χ3n) is 3.17. The zero-order chi connectivity index (χ0) is 13.1. The van der Waals surface area contributed by atoms with Gasteiger partial charge in [-0.15, -0.1) is 0 Å². The van der Waals surface area contributed by atoms with Crippen LogP contribution in [-0.2, 0) is 6.42 Å². The van der Waals surface area contributed by atoms with E-state index in [4.69, 9.17) is 0 Å². The van der Waals surface area contributed by atoms with Crippen molar-refractivity contribution in [1.29, 1.82) is 0 Å². The minimum absolute atomic E-state index is 1.05. The molecule has 1 aromatic carbocycles. The maximum atomic E-state index is 3.15. The average Bonchev–Trinajstić information content (AvgIpc) is 2.41. The first kappa shape index (κ1) is 15.0. The molecule has 0 amide bonds. The van der Waals surface area contributed by atoms with Crippen LogP contribution in [0.4, 0.5) is 0 Å². The molecule has 0 saturated carbocycles. The highest BCUT2D eigenvalue weighted by Crippen LogP contribution is 2.10. The molecule has 0 aliphatic rings. The van der Waals surface area contributed by atoms with E-state index in [1.165, 1.54) is 43.2 Å². The molecule has 1 rings (SSSR count). The van der Waals surface area contributed by atoms with Gasteiger partial charge in [-0.05, 0) is 44.0 Å². The maximum Gasteiger partial charge on any atom is -0.00172 e. The Kier molecular flexibility index (Phi) is 8.24. The van der Waals surface area contributed by atoms with Crippen molar-refractivity contribution in [2.75, 3.05) is 13.6 Å². The third-order valence-corrected chi connectivity index (χ3v) is 3.17. The minimum atomic E-state index is 1.05. The lowest BCUT2D eigenvalue weighted by Crippen LogP contribution is -2.05. The summed E-state index contributed by atoms with van der Waals surface area (Å²) in [5.74, 6) is 0. The Bertz CT molecular complexity index is 324. The van der Waals surface area contributed by atoms with Crippen molar-refractivity contribution in [1.82, 2.24) is 5.32 Å². The van der Waals surface area contributed by atoms with Crippen LogP contribution in [0, 0.1) is 0 Å². The highest BCUT2D eigenvalue weighted by Gasteiger charge is 1.93. The van der Waals surface area contributed by atoms with Gasteiger partial charge in [0, 0.05) is 0 Å². The van der Waals surface area contributed by atoms with Gasteiger partial charge in [0.2, 0.25) is 0 Å². The number of hydrogen-bond donors (Lipinski definition) is 1. The molecule has 0 radical (unpaired) electrons. The zero-order valence-electron chi connectivity index (χ0n) is 11.9. The molecular formula is C17H27N. The van der Waals surface area contributed by atoms with Crippen LogP contribution in [0.5, 0.6) is 0 Å². The van der Waals surface area contributed by atoms with Gasteiger partial charge in [0.25, 0.3) is 0 Å². The first-order valence-electron chi connectivity index (χ1n) is 7.27. The number of nitrogens with one attached hydrogen (secondary N) is 1. The van der Waals surface area contributed by atoms with Crippen LogP contribution in [0.25, 0.3) is 6.08 Å². The summed E-state index contributed by atoms with van der Waals surface area (Å²) < 4.78 is 0. The summed E-state index contributed by atoms with van der Waals surface area (Å²) in [6.45, 7) is 3.31. The summed E-state index contributed by atoms with van der Waals surface area (Å²) in [7, 11) is 1.99. The molecule has 1 N–H and O–H groups in total. The fourth-order valence-corrected chi connectivity index (χ4v) is 2.00. The summed E-state index contributed by atoms with van der Waals surface area (Å²) in [6, 6.07) is 8.99. The Labute approximate surface area is 112 Å². The van der Waals surface area contributed by atoms with Crippen LogP contribution in [0.15, 0.2) is 30.3 Å². The van der Waals surface area contributed by atoms with Crippen molar-refractivity contribution < 1.29 is 0 Å². The van der Waals surface area contributed by atoms with E-state index in [-0.39, 0.29) is 0 Å². The first-order valence-corrected chi connectivity index (χ1v) is 7.27. The minimum Gasteiger partial charge on any atom is -0.319 e. The van der Waals surface area contributed by atoms with Crippen molar-refractivity contribution in [3.63, 3.8) is 0 Å². The molecule has 0 aliphatic heterocycles. The standard InChI is InChI=1S/C17H27N/c1-3-4-5-6-9-16-11-13-17(14-12-16)10-7-8-15-18-2/h7,10-14,18H,3-6,8-9,15H2,1-2H3. The Balaban J connectivity index is 2.30. The van der Waals surface area contributed by atoms with E-state index in [1.54, 1.807) is 0 Å². The van der Waals surface area contributed by atoms with Crippen LogP contribution in [0.1, 0.15) is 50.2 Å². The number of aryl methyl sites for hydroxylation is 1. The molecule has 1 heteroatoms. The van der Waals surface area contributed by atoms with Crippen LogP contribution >= 0.6 is 0 Å². The van der Waals surface area contributed by atoms with E-state index in [1.807, 2.05) is 7.05 Å². The Morgan fingerprint density at radius 3 is 2.50 bits per heavy atom. The molecule has 0 fully saturated rings. The van der Waals surface area contributed by atoms with Crippen molar-refractivity contribution in [2.45, 2.75) is 45.4 Å². The van der Waals surface area contributed by atoms with Crippen LogP contribution < -0.4 is 5.32 Å². The van der Waals surface area contributed by atoms with E-state index in [9.17, 15) is 0 Å². The molecule has 0 bridgehead atoms. The normalized spacial score (nSPS) is 11.2. The highest BCUT2D eigenvalue weighted by molar-refractivity contribution is 5.49. The molecule has 1 nitrogen and oxygen atoms in total. The second-order valence-corrected chi connectivity index (χ2v) is 4.85. The summed E-state index contributed by atoms with van der Waals surface area (Å²) in [5, 5.41) is 3.15. The monoisotopic (exact) mass is 245 g/mol. The predicted molar refractivity (Wildman–Crippen MR) is 81.9 cm³/mol. The van der Waals surface area contributed by atoms with Crippen LogP contribution in [-0.4, -0.2) is 13.6 Å². The van der Waals surface area contributed by atoms with Crippen molar-refractivity contribution >= 4 is 6.08 Å². The molecule has 1 aromatic rings. The molecule has 0 heterocycles. The zero-order valence-corrected chi connectivity index (χ0v) is 11.9. The molecule has 0 saturated heterocycles. The predicted octanol–water partition coefficient (Wildman–Crippen LogP) is 4.43. The van der Waals surface area contributed by atoms with Gasteiger partial charge in [0.1, 0.15) is 0 Å². The van der Waals surface area contributed by atoms with Gasteiger partial charge in [0.05, 0.1) is 0 Å². The molecule has 0 unspecified atom stereocenters. The molecule has 18 heavy (non-hydrogen) atoms. The largest absolute Gasteiger partial charge is 0.319 e. The highest BCUT2D eigenvalue weighted by atomic mass is 14.8. The second-order valence-electron chi connectivity index (χ2n) is 4.85. The van der Waals surface area contributed by atoms with Crippen molar-refractivity contribution in [3.8, 4) is 0 Å². The lowest BCUT2D eigenvalue weighted by Gasteiger charge is -2.02. The van der Waals surface area contributed by atoms with Crippen molar-refractivity contribution in [2.24, 2.45) is 0 Å². The van der Waals surface area contributed by atoms with E-state index in [0.29, 0.717) is 0 Å². The van der Waals surface area contributed by atoms with Gasteiger partial charge in [-0.1, -0.05) is 62.6 Å². The van der Waals surface area contributed by atoms with E-state index < -0.39 is 0 Å². The van der Waals surface area contributed by atoms with Gasteiger partial charge in [-0.2, -0.15) is 0 Å². The molecule has 0 aliphatic carbocycles. The fraction of sp³-hybridized carbons (Fsp3) is 0.529. The second kappa shape index (κ2) is 9.90. The number of rotatable bonds is 9. The molecule has 100 valence electrons. The Morgan fingerprint density at radius 1 is 1.06 bits per heavy atom. The van der Waals surface area contributed by atoms with Gasteiger partial charge in [-0.3, -0.25) is 0 Å². The van der Waals surface area contributed by atoms with Crippen LogP contribution in [0.2, 0.25) is 0 Å². The molecule has 0 atom stereocenters. The summed E-state index contributed by atoms with van der Waals surface area (Å²) in [6.07, 6.45) is 12.1. The van der Waals surface area contributed by atoms with Gasteiger partial charge >= 0.3 is 0 Å². The van der Waals surface area contributed by atoms with Gasteiger partial charge in [0.15, 0.2) is 0 Å². The number of unbranched alkanes of at least 4 members (excludes halogenated alkanes) is 3. The van der Waals surface area contributed by atoms with E-state index in [2.05, 4.69) is 48.7 Å². The molecular weight excluding hydrogens is 218 g/mol. The number of benzene rings is 1. The fourth-order valence-electron chi connectivity index (χ4n) is 2.00. The molecule has 0 spiro atoms. The Morgan fingerprint density at radius 2 is 1.83 bits per heavy atom. The average molecular weight is 245 g/mol. The summed E-state index contributed by atoms with van der Waals surface area (Å²) in [4.78, 5) is 0. The quantitative estimate of drug-likeness (QED) is 0.635. The lowest BCUT2D eigenvalue weighted by molar-refractivity contribution is 0.667. The topological polar surface area (TPSA) is 12.0 Å². The SMILES string of the molecule is CCCCCCc1ccc(C=CCCNC)cc1. The smallest absolute Gasteiger partial charge is 0.00172 e. The maximum absolute atomic E-state index is 3.15. The lowest BCUT2D eigenvalue weighted by atomic mass is 10.0. The molecule has 0 aromatic heterocycles. The third kappa shape index (κ3) is 6.61. The van der Waals surface area contributed by atoms with E-state index >= 15 is 0 Å². The first-order chi connectivity index (χ1) is 8.86. The van der Waals surface area contributed by atoms with Gasteiger partial charge in [-0.25, -0.2) is 0 Å². The number of hydrogen-bond acceptors (Lipinski definition) is 1. The van der Waals surface area contributed by atoms with Crippen molar-refractivity contribution in [3.05, 3.63) is 41.5 Å². The Hall–Kier alpha value is -1.08. The van der Waals surface area contributed by atoms with Crippen LogP contribution in [0.3, 0.4) is 0 Å².